The number of hydrogen-bond acceptors (Lipinski definition) is 3. The molecule has 0 saturated carbocycles. The maximum atomic E-state index is 13.4. The molecular formula is C14H17F3N2O2. The fourth-order valence-corrected chi connectivity index (χ4v) is 2.50. The first-order valence-electron chi connectivity index (χ1n) is 6.58. The van der Waals surface area contributed by atoms with Crippen LogP contribution in [0.1, 0.15) is 23.7 Å². The van der Waals surface area contributed by atoms with E-state index in [1.165, 1.54) is 23.4 Å². The number of pyridine rings is 1. The monoisotopic (exact) mass is 302 g/mol. The van der Waals surface area contributed by atoms with Crippen LogP contribution in [0.4, 0.5) is 13.2 Å². The van der Waals surface area contributed by atoms with Crippen LogP contribution >= 0.6 is 0 Å². The molecule has 0 aromatic carbocycles. The van der Waals surface area contributed by atoms with E-state index in [9.17, 15) is 23.1 Å². The highest BCUT2D eigenvalue weighted by atomic mass is 19.4. The Labute approximate surface area is 120 Å². The smallest absolute Gasteiger partial charge is 0.408 e. The molecule has 0 saturated heterocycles. The lowest BCUT2D eigenvalue weighted by molar-refractivity contribution is -0.186. The maximum absolute atomic E-state index is 13.4. The zero-order valence-electron chi connectivity index (χ0n) is 11.8. The molecule has 0 aliphatic carbocycles. The lowest BCUT2D eigenvalue weighted by Gasteiger charge is -2.33. The first-order chi connectivity index (χ1) is 9.73. The molecule has 1 aliphatic rings. The van der Waals surface area contributed by atoms with Crippen molar-refractivity contribution < 1.29 is 18.3 Å². The Bertz CT molecular complexity index is 620. The van der Waals surface area contributed by atoms with Crippen molar-refractivity contribution in [2.45, 2.75) is 25.6 Å². The van der Waals surface area contributed by atoms with Gasteiger partial charge in [0.1, 0.15) is 6.04 Å². The Morgan fingerprint density at radius 1 is 1.33 bits per heavy atom. The molecular weight excluding hydrogens is 285 g/mol. The summed E-state index contributed by atoms with van der Waals surface area (Å²) in [6, 6.07) is -2.01. The van der Waals surface area contributed by atoms with Crippen molar-refractivity contribution in [2.75, 3.05) is 13.1 Å². The molecule has 0 spiro atoms. The van der Waals surface area contributed by atoms with Gasteiger partial charge in [-0.25, -0.2) is 0 Å². The van der Waals surface area contributed by atoms with Crippen molar-refractivity contribution in [3.63, 3.8) is 0 Å². The molecule has 1 N–H and O–H groups in total. The van der Waals surface area contributed by atoms with E-state index in [0.29, 0.717) is 6.42 Å². The first-order valence-corrected chi connectivity index (χ1v) is 6.58. The van der Waals surface area contributed by atoms with Crippen molar-refractivity contribution in [2.24, 2.45) is 7.05 Å². The molecule has 7 heteroatoms. The van der Waals surface area contributed by atoms with Gasteiger partial charge in [-0.1, -0.05) is 12.2 Å². The SMILES string of the molecule is Cc1c(O)c(=O)c(C(N2CC=CCC2)C(F)(F)F)cn1C. The molecule has 2 rings (SSSR count). The van der Waals surface area contributed by atoms with E-state index in [1.54, 1.807) is 6.08 Å². The minimum atomic E-state index is -4.58. The number of alkyl halides is 3. The highest BCUT2D eigenvalue weighted by Crippen LogP contribution is 2.37. The number of halogens is 3. The second-order valence-electron chi connectivity index (χ2n) is 5.16. The van der Waals surface area contributed by atoms with E-state index in [1.807, 2.05) is 6.08 Å². The molecule has 0 bridgehead atoms. The minimum absolute atomic E-state index is 0.127. The third kappa shape index (κ3) is 2.97. The van der Waals surface area contributed by atoms with Crippen molar-refractivity contribution in [3.05, 3.63) is 39.8 Å². The van der Waals surface area contributed by atoms with Crippen LogP contribution < -0.4 is 5.43 Å². The molecule has 1 atom stereocenters. The topological polar surface area (TPSA) is 45.5 Å². The van der Waals surface area contributed by atoms with Crippen LogP contribution in [-0.4, -0.2) is 33.8 Å². The number of nitrogens with zero attached hydrogens (tertiary/aromatic N) is 2. The number of rotatable bonds is 2. The second kappa shape index (κ2) is 5.55. The summed E-state index contributed by atoms with van der Waals surface area (Å²) in [6.45, 7) is 1.83. The normalized spacial score (nSPS) is 18.0. The summed E-state index contributed by atoms with van der Waals surface area (Å²) in [4.78, 5) is 13.3. The summed E-state index contributed by atoms with van der Waals surface area (Å²) in [7, 11) is 1.50. The van der Waals surface area contributed by atoms with Crippen molar-refractivity contribution in [1.82, 2.24) is 9.47 Å². The van der Waals surface area contributed by atoms with Gasteiger partial charge in [-0.05, 0) is 13.3 Å². The molecule has 4 nitrogen and oxygen atoms in total. The predicted molar refractivity (Wildman–Crippen MR) is 72.2 cm³/mol. The number of aromatic hydroxyl groups is 1. The summed E-state index contributed by atoms with van der Waals surface area (Å²) in [5.74, 6) is -0.628. The summed E-state index contributed by atoms with van der Waals surface area (Å²) in [6.07, 6.45) is 0.549. The fraction of sp³-hybridized carbons (Fsp3) is 0.500. The maximum Gasteiger partial charge on any atom is 0.408 e. The Morgan fingerprint density at radius 2 is 2.00 bits per heavy atom. The number of hydrogen-bond donors (Lipinski definition) is 1. The quantitative estimate of drug-likeness (QED) is 0.852. The van der Waals surface area contributed by atoms with Crippen LogP contribution in [0, 0.1) is 6.92 Å². The van der Waals surface area contributed by atoms with Gasteiger partial charge in [-0.3, -0.25) is 9.69 Å². The molecule has 1 unspecified atom stereocenters. The van der Waals surface area contributed by atoms with Crippen molar-refractivity contribution in [1.29, 1.82) is 0 Å². The van der Waals surface area contributed by atoms with Gasteiger partial charge in [0.05, 0.1) is 5.69 Å². The van der Waals surface area contributed by atoms with Gasteiger partial charge in [0.15, 0.2) is 5.75 Å². The van der Waals surface area contributed by atoms with Crippen LogP contribution in [0.3, 0.4) is 0 Å². The molecule has 1 aromatic rings. The summed E-state index contributed by atoms with van der Waals surface area (Å²) in [5, 5.41) is 9.75. The molecule has 116 valence electrons. The van der Waals surface area contributed by atoms with Crippen LogP contribution in [0.5, 0.6) is 5.75 Å². The lowest BCUT2D eigenvalue weighted by Crippen LogP contribution is -2.42. The molecule has 1 aliphatic heterocycles. The Hall–Kier alpha value is -1.76. The zero-order chi connectivity index (χ0) is 15.8. The lowest BCUT2D eigenvalue weighted by atomic mass is 10.0. The first kappa shape index (κ1) is 15.6. The van der Waals surface area contributed by atoms with Gasteiger partial charge in [0, 0.05) is 31.9 Å². The van der Waals surface area contributed by atoms with E-state index >= 15 is 0 Å². The van der Waals surface area contributed by atoms with Gasteiger partial charge in [-0.15, -0.1) is 0 Å². The highest BCUT2D eigenvalue weighted by Gasteiger charge is 2.46. The molecule has 0 fully saturated rings. The van der Waals surface area contributed by atoms with Gasteiger partial charge in [0.2, 0.25) is 5.43 Å². The van der Waals surface area contributed by atoms with Crippen LogP contribution in [0.25, 0.3) is 0 Å². The average Bonchev–Trinajstić information content (AvgIpc) is 2.42. The second-order valence-corrected chi connectivity index (χ2v) is 5.16. The summed E-state index contributed by atoms with van der Waals surface area (Å²) in [5.41, 5.74) is -1.16. The third-order valence-corrected chi connectivity index (χ3v) is 3.74. The Kier molecular flexibility index (Phi) is 4.13. The fourth-order valence-electron chi connectivity index (χ4n) is 2.50. The van der Waals surface area contributed by atoms with Gasteiger partial charge in [-0.2, -0.15) is 13.2 Å². The van der Waals surface area contributed by atoms with Crippen LogP contribution in [0.15, 0.2) is 23.1 Å². The van der Waals surface area contributed by atoms with Gasteiger partial charge in [0.25, 0.3) is 0 Å². The average molecular weight is 302 g/mol. The standard InChI is InChI=1S/C14H17F3N2O2/c1-9-11(20)12(21)10(8-18(9)2)13(14(15,16)17)19-6-4-3-5-7-19/h3-4,8,13,20H,5-7H2,1-2H3. The molecule has 0 amide bonds. The van der Waals surface area contributed by atoms with E-state index in [0.717, 1.165) is 6.20 Å². The molecule has 21 heavy (non-hydrogen) atoms. The number of aryl methyl sites for hydroxylation is 1. The highest BCUT2D eigenvalue weighted by molar-refractivity contribution is 5.33. The minimum Gasteiger partial charge on any atom is -0.503 e. The van der Waals surface area contributed by atoms with Gasteiger partial charge >= 0.3 is 6.18 Å². The van der Waals surface area contributed by atoms with E-state index in [4.69, 9.17) is 0 Å². The van der Waals surface area contributed by atoms with Crippen molar-refractivity contribution >= 4 is 0 Å². The summed E-state index contributed by atoms with van der Waals surface area (Å²) < 4.78 is 41.7. The zero-order valence-corrected chi connectivity index (χ0v) is 11.8. The van der Waals surface area contributed by atoms with Crippen LogP contribution in [-0.2, 0) is 7.05 Å². The summed E-state index contributed by atoms with van der Waals surface area (Å²) >= 11 is 0. The predicted octanol–water partition coefficient (Wildman–Crippen LogP) is 2.26. The molecule has 2 heterocycles. The van der Waals surface area contributed by atoms with E-state index in [-0.39, 0.29) is 18.8 Å². The van der Waals surface area contributed by atoms with E-state index < -0.39 is 29.0 Å². The third-order valence-electron chi connectivity index (χ3n) is 3.74. The Balaban J connectivity index is 2.57. The van der Waals surface area contributed by atoms with Crippen molar-refractivity contribution in [3.8, 4) is 5.75 Å². The van der Waals surface area contributed by atoms with E-state index in [2.05, 4.69) is 0 Å². The largest absolute Gasteiger partial charge is 0.503 e. The number of aromatic nitrogens is 1. The van der Waals surface area contributed by atoms with Crippen LogP contribution in [0.2, 0.25) is 0 Å². The molecule has 1 aromatic heterocycles. The Morgan fingerprint density at radius 3 is 2.52 bits per heavy atom. The van der Waals surface area contributed by atoms with Gasteiger partial charge < -0.3 is 9.67 Å². The molecule has 0 radical (unpaired) electrons.